The van der Waals surface area contributed by atoms with E-state index >= 15 is 0 Å². The second-order valence-corrected chi connectivity index (χ2v) is 5.62. The van der Waals surface area contributed by atoms with Crippen molar-refractivity contribution < 1.29 is 12.7 Å². The van der Waals surface area contributed by atoms with Crippen LogP contribution in [0.4, 0.5) is 12.7 Å². The third-order valence-corrected chi connectivity index (χ3v) is 3.96. The molecule has 0 saturated heterocycles. The molecule has 8 heteroatoms. The molecule has 0 amide bonds. The molecule has 0 bridgehead atoms. The highest BCUT2D eigenvalue weighted by Crippen LogP contribution is 2.33. The summed E-state index contributed by atoms with van der Waals surface area (Å²) >= 11 is -0.0756. The summed E-state index contributed by atoms with van der Waals surface area (Å²) < 4.78 is 42.9. The molecule has 0 aliphatic rings. The Morgan fingerprint density at radius 3 is 2.54 bits per heavy atom. The van der Waals surface area contributed by atoms with Crippen molar-refractivity contribution >= 4 is 18.0 Å². The molecule has 0 aliphatic heterocycles. The first kappa shape index (κ1) is 14.8. The van der Waals surface area contributed by atoms with Crippen LogP contribution in [0, 0.1) is 11.6 Å². The lowest BCUT2D eigenvalue weighted by molar-refractivity contribution is 0.628. The van der Waals surface area contributed by atoms with Crippen molar-refractivity contribution in [1.29, 1.82) is 0 Å². The highest BCUT2D eigenvalue weighted by atomic mass is 32.2. The molecule has 0 saturated carbocycles. The molecule has 3 aromatic heterocycles. The van der Waals surface area contributed by atoms with E-state index in [1.165, 1.54) is 30.6 Å². The van der Waals surface area contributed by atoms with Gasteiger partial charge in [-0.1, -0.05) is 0 Å². The third kappa shape index (κ3) is 2.44. The summed E-state index contributed by atoms with van der Waals surface area (Å²) in [7, 11) is 0. The fourth-order valence-corrected chi connectivity index (χ4v) is 2.82. The van der Waals surface area contributed by atoms with Crippen molar-refractivity contribution in [3.8, 4) is 22.4 Å². The molecule has 4 nitrogen and oxygen atoms in total. The Labute approximate surface area is 139 Å². The number of hydrogen-bond acceptors (Lipinski definition) is 3. The summed E-state index contributed by atoms with van der Waals surface area (Å²) in [6.45, 7) is 0. The van der Waals surface area contributed by atoms with Crippen LogP contribution in [0.15, 0.2) is 55.1 Å². The van der Waals surface area contributed by atoms with Gasteiger partial charge in [0.05, 0.1) is 0 Å². The van der Waals surface area contributed by atoms with Gasteiger partial charge in [0.1, 0.15) is 11.5 Å². The Kier molecular flexibility index (Phi) is 3.53. The van der Waals surface area contributed by atoms with Crippen molar-refractivity contribution in [3.63, 3.8) is 0 Å². The summed E-state index contributed by atoms with van der Waals surface area (Å²) in [5.74, 6) is -0.881. The lowest BCUT2D eigenvalue weighted by Gasteiger charge is -2.05. The van der Waals surface area contributed by atoms with Gasteiger partial charge < -0.3 is 4.40 Å². The normalized spacial score (nSPS) is 11.3. The van der Waals surface area contributed by atoms with Crippen LogP contribution in [0.3, 0.4) is 0 Å². The molecule has 0 unspecified atom stereocenters. The van der Waals surface area contributed by atoms with E-state index in [0.717, 1.165) is 4.09 Å². The zero-order valence-electron chi connectivity index (χ0n) is 12.0. The van der Waals surface area contributed by atoms with Gasteiger partial charge in [0.25, 0.3) is 0 Å². The number of halogens is 3. The second-order valence-electron chi connectivity index (χ2n) is 5.10. The molecule has 3 heterocycles. The van der Waals surface area contributed by atoms with Crippen LogP contribution in [-0.2, 0) is 0 Å². The van der Waals surface area contributed by atoms with Gasteiger partial charge in [-0.15, -0.1) is 3.89 Å². The van der Waals surface area contributed by atoms with Crippen LogP contribution in [0.5, 0.6) is 0 Å². The predicted molar refractivity (Wildman–Crippen MR) is 85.9 cm³/mol. The maximum atomic E-state index is 14.2. The standard InChI is InChI=1S/C16H9F3N4S/c17-12-3-1-10(2-4-12)15-13(9-23(21-15)24-19)11-7-14(18)16-20-5-6-22(16)8-11/h1-9H. The van der Waals surface area contributed by atoms with E-state index in [1.54, 1.807) is 28.9 Å². The minimum absolute atomic E-state index is 0.0756. The molecule has 1 aromatic carbocycles. The largest absolute Gasteiger partial charge is 0.304 e. The van der Waals surface area contributed by atoms with E-state index in [-0.39, 0.29) is 23.8 Å². The molecule has 0 radical (unpaired) electrons. The fourth-order valence-electron chi connectivity index (χ4n) is 2.56. The number of benzene rings is 1. The van der Waals surface area contributed by atoms with Gasteiger partial charge in [0.2, 0.25) is 0 Å². The zero-order chi connectivity index (χ0) is 16.7. The molecular weight excluding hydrogens is 337 g/mol. The number of pyridine rings is 1. The summed E-state index contributed by atoms with van der Waals surface area (Å²) in [6, 6.07) is 6.99. The van der Waals surface area contributed by atoms with E-state index in [1.807, 2.05) is 0 Å². The number of rotatable bonds is 3. The number of hydrogen-bond donors (Lipinski definition) is 0. The summed E-state index contributed by atoms with van der Waals surface area (Å²) in [6.07, 6.45) is 6.25. The van der Waals surface area contributed by atoms with Crippen molar-refractivity contribution in [2.45, 2.75) is 0 Å². The van der Waals surface area contributed by atoms with Crippen molar-refractivity contribution in [2.24, 2.45) is 0 Å². The quantitative estimate of drug-likeness (QED) is 0.547. The average Bonchev–Trinajstić information content (AvgIpc) is 3.22. The molecule has 0 spiro atoms. The van der Waals surface area contributed by atoms with Gasteiger partial charge in [0, 0.05) is 41.5 Å². The minimum Gasteiger partial charge on any atom is -0.304 e. The third-order valence-electron chi connectivity index (χ3n) is 3.64. The van der Waals surface area contributed by atoms with Crippen LogP contribution in [0.25, 0.3) is 28.0 Å². The van der Waals surface area contributed by atoms with Crippen molar-refractivity contribution in [1.82, 2.24) is 18.6 Å². The van der Waals surface area contributed by atoms with Crippen molar-refractivity contribution in [3.05, 3.63) is 66.8 Å². The fraction of sp³-hybridized carbons (Fsp3) is 0. The topological polar surface area (TPSA) is 35.1 Å². The van der Waals surface area contributed by atoms with Crippen LogP contribution < -0.4 is 0 Å². The van der Waals surface area contributed by atoms with Crippen LogP contribution in [-0.4, -0.2) is 18.6 Å². The second kappa shape index (κ2) is 5.72. The Balaban J connectivity index is 1.93. The number of fused-ring (bicyclic) bond motifs is 1. The van der Waals surface area contributed by atoms with Crippen molar-refractivity contribution in [2.75, 3.05) is 0 Å². The number of nitrogens with zero attached hydrogens (tertiary/aromatic N) is 4. The maximum Gasteiger partial charge on any atom is 0.187 e. The van der Waals surface area contributed by atoms with Crippen LogP contribution >= 0.6 is 12.3 Å². The van der Waals surface area contributed by atoms with E-state index in [9.17, 15) is 12.7 Å². The van der Waals surface area contributed by atoms with Gasteiger partial charge in [-0.25, -0.2) is 13.8 Å². The predicted octanol–water partition coefficient (Wildman–Crippen LogP) is 4.52. The monoisotopic (exact) mass is 346 g/mol. The highest BCUT2D eigenvalue weighted by Gasteiger charge is 2.16. The van der Waals surface area contributed by atoms with E-state index in [0.29, 0.717) is 22.4 Å². The Morgan fingerprint density at radius 1 is 1.00 bits per heavy atom. The molecule has 120 valence electrons. The molecule has 0 aliphatic carbocycles. The Hall–Kier alpha value is -2.74. The Bertz CT molecular complexity index is 1020. The Morgan fingerprint density at radius 2 is 1.79 bits per heavy atom. The first-order valence-electron chi connectivity index (χ1n) is 6.93. The highest BCUT2D eigenvalue weighted by molar-refractivity contribution is 7.92. The van der Waals surface area contributed by atoms with E-state index < -0.39 is 5.82 Å². The van der Waals surface area contributed by atoms with Gasteiger partial charge in [-0.05, 0) is 30.3 Å². The number of aromatic nitrogens is 4. The molecule has 0 N–H and O–H groups in total. The lowest BCUT2D eigenvalue weighted by atomic mass is 10.0. The van der Waals surface area contributed by atoms with Gasteiger partial charge in [-0.3, -0.25) is 0 Å². The van der Waals surface area contributed by atoms with Crippen LogP contribution in [0.2, 0.25) is 0 Å². The molecule has 0 atom stereocenters. The van der Waals surface area contributed by atoms with Gasteiger partial charge in [-0.2, -0.15) is 9.19 Å². The molecule has 4 aromatic rings. The SMILES string of the molecule is FSn1cc(-c2cc(F)c3nccn3c2)c(-c2ccc(F)cc2)n1. The first-order valence-corrected chi connectivity index (χ1v) is 7.60. The molecule has 0 fully saturated rings. The number of imidazole rings is 1. The summed E-state index contributed by atoms with van der Waals surface area (Å²) in [5, 5.41) is 4.14. The summed E-state index contributed by atoms with van der Waals surface area (Å²) in [5.41, 5.74) is 2.28. The van der Waals surface area contributed by atoms with E-state index in [4.69, 9.17) is 0 Å². The average molecular weight is 346 g/mol. The maximum absolute atomic E-state index is 14.2. The molecular formula is C16H9F3N4S. The first-order chi connectivity index (χ1) is 11.7. The van der Waals surface area contributed by atoms with Gasteiger partial charge >= 0.3 is 0 Å². The smallest absolute Gasteiger partial charge is 0.187 e. The van der Waals surface area contributed by atoms with Crippen LogP contribution in [0.1, 0.15) is 0 Å². The zero-order valence-corrected chi connectivity index (χ0v) is 12.8. The lowest BCUT2D eigenvalue weighted by Crippen LogP contribution is -1.91. The summed E-state index contributed by atoms with van der Waals surface area (Å²) in [4.78, 5) is 3.93. The molecule has 4 rings (SSSR count). The van der Waals surface area contributed by atoms with Gasteiger partial charge in [0.15, 0.2) is 23.8 Å². The minimum atomic E-state index is -0.497. The molecule has 24 heavy (non-hydrogen) atoms. The van der Waals surface area contributed by atoms with E-state index in [2.05, 4.69) is 10.1 Å².